The van der Waals surface area contributed by atoms with E-state index in [4.69, 9.17) is 11.6 Å². The van der Waals surface area contributed by atoms with Crippen LogP contribution in [0.25, 0.3) is 0 Å². The van der Waals surface area contributed by atoms with Crippen molar-refractivity contribution in [1.29, 1.82) is 0 Å². The molecule has 0 atom stereocenters. The van der Waals surface area contributed by atoms with Crippen LogP contribution in [0.2, 0.25) is 5.02 Å². The van der Waals surface area contributed by atoms with Crippen molar-refractivity contribution < 1.29 is 17.9 Å². The van der Waals surface area contributed by atoms with Crippen molar-refractivity contribution in [3.8, 4) is 5.75 Å². The van der Waals surface area contributed by atoms with E-state index >= 15 is 0 Å². The van der Waals surface area contributed by atoms with Gasteiger partial charge < -0.3 is 4.74 Å². The van der Waals surface area contributed by atoms with Crippen molar-refractivity contribution in [2.75, 3.05) is 0 Å². The van der Waals surface area contributed by atoms with Crippen molar-refractivity contribution in [1.82, 2.24) is 0 Å². The number of aryl methyl sites for hydroxylation is 1. The fourth-order valence-corrected chi connectivity index (χ4v) is 0.975. The third-order valence-corrected chi connectivity index (χ3v) is 1.89. The van der Waals surface area contributed by atoms with E-state index in [1.807, 2.05) is 0 Å². The van der Waals surface area contributed by atoms with Crippen LogP contribution in [0, 0.1) is 12.7 Å². The van der Waals surface area contributed by atoms with Crippen molar-refractivity contribution in [2.24, 2.45) is 0 Å². The number of rotatable bonds is 2. The average Bonchev–Trinajstić information content (AvgIpc) is 1.98. The topological polar surface area (TPSA) is 9.23 Å². The Morgan fingerprint density at radius 1 is 1.38 bits per heavy atom. The van der Waals surface area contributed by atoms with Crippen molar-refractivity contribution in [3.05, 3.63) is 28.5 Å². The molecule has 1 nitrogen and oxygen atoms in total. The average molecular weight is 211 g/mol. The zero-order valence-electron chi connectivity index (χ0n) is 6.65. The van der Waals surface area contributed by atoms with Crippen LogP contribution in [0.15, 0.2) is 12.1 Å². The molecule has 0 spiro atoms. The first-order valence-corrected chi connectivity index (χ1v) is 3.79. The molecule has 0 aliphatic carbocycles. The number of alkyl halides is 2. The maximum absolute atomic E-state index is 12.8. The lowest BCUT2D eigenvalue weighted by molar-refractivity contribution is -0.0500. The molecule has 0 fully saturated rings. The molecule has 0 aliphatic heterocycles. The minimum Gasteiger partial charge on any atom is -0.435 e. The first-order chi connectivity index (χ1) is 6.00. The molecule has 0 aromatic heterocycles. The van der Waals surface area contributed by atoms with Crippen LogP contribution in [0.5, 0.6) is 5.75 Å². The summed E-state index contributed by atoms with van der Waals surface area (Å²) in [6.07, 6.45) is 0. The molecular formula is C8H6ClF3O. The minimum absolute atomic E-state index is 0.0818. The van der Waals surface area contributed by atoms with Crippen LogP contribution >= 0.6 is 11.6 Å². The van der Waals surface area contributed by atoms with Crippen LogP contribution < -0.4 is 4.74 Å². The maximum atomic E-state index is 12.8. The molecule has 72 valence electrons. The Morgan fingerprint density at radius 2 is 2.00 bits per heavy atom. The predicted molar refractivity (Wildman–Crippen MR) is 42.8 cm³/mol. The number of benzene rings is 1. The number of halogens is 4. The highest BCUT2D eigenvalue weighted by Crippen LogP contribution is 2.25. The highest BCUT2D eigenvalue weighted by atomic mass is 35.5. The number of ether oxygens (including phenoxy) is 1. The van der Waals surface area contributed by atoms with Crippen molar-refractivity contribution in [3.63, 3.8) is 0 Å². The van der Waals surface area contributed by atoms with Gasteiger partial charge in [0.2, 0.25) is 0 Å². The summed E-state index contributed by atoms with van der Waals surface area (Å²) >= 11 is 5.47. The Hall–Kier alpha value is -0.900. The second-order valence-electron chi connectivity index (χ2n) is 2.41. The lowest BCUT2D eigenvalue weighted by Gasteiger charge is -2.06. The summed E-state index contributed by atoms with van der Waals surface area (Å²) in [4.78, 5) is 0. The Balaban J connectivity index is 2.99. The van der Waals surface area contributed by atoms with E-state index < -0.39 is 12.4 Å². The summed E-state index contributed by atoms with van der Waals surface area (Å²) in [5, 5.41) is -0.0818. The van der Waals surface area contributed by atoms with Gasteiger partial charge in [-0.25, -0.2) is 4.39 Å². The molecule has 0 radical (unpaired) electrons. The molecular weight excluding hydrogens is 205 g/mol. The van der Waals surface area contributed by atoms with E-state index in [9.17, 15) is 13.2 Å². The molecule has 1 rings (SSSR count). The van der Waals surface area contributed by atoms with Gasteiger partial charge in [0.15, 0.2) is 0 Å². The smallest absolute Gasteiger partial charge is 0.387 e. The Kier molecular flexibility index (Phi) is 3.03. The van der Waals surface area contributed by atoms with E-state index in [-0.39, 0.29) is 10.8 Å². The molecule has 1 aromatic carbocycles. The van der Waals surface area contributed by atoms with Crippen LogP contribution in [-0.2, 0) is 0 Å². The van der Waals surface area contributed by atoms with E-state index in [0.717, 1.165) is 6.07 Å². The van der Waals surface area contributed by atoms with Gasteiger partial charge in [0.1, 0.15) is 11.6 Å². The van der Waals surface area contributed by atoms with E-state index in [1.54, 1.807) is 0 Å². The summed E-state index contributed by atoms with van der Waals surface area (Å²) in [7, 11) is 0. The fourth-order valence-electron chi connectivity index (χ4n) is 0.866. The molecule has 0 unspecified atom stereocenters. The highest BCUT2D eigenvalue weighted by molar-refractivity contribution is 6.31. The van der Waals surface area contributed by atoms with Gasteiger partial charge in [0.25, 0.3) is 0 Å². The standard InChI is InChI=1S/C8H6ClF3O/c1-4-2-5(13-8(11)12)3-6(10)7(4)9/h2-3,8H,1H3. The molecule has 0 aliphatic rings. The first-order valence-electron chi connectivity index (χ1n) is 3.41. The summed E-state index contributed by atoms with van der Waals surface area (Å²) in [5.74, 6) is -0.994. The van der Waals surface area contributed by atoms with E-state index in [1.165, 1.54) is 13.0 Å². The largest absolute Gasteiger partial charge is 0.435 e. The van der Waals surface area contributed by atoms with Gasteiger partial charge in [-0.2, -0.15) is 8.78 Å². The summed E-state index contributed by atoms with van der Waals surface area (Å²) in [6.45, 7) is -1.45. The molecule has 1 aromatic rings. The molecule has 0 amide bonds. The second-order valence-corrected chi connectivity index (χ2v) is 2.79. The van der Waals surface area contributed by atoms with Crippen LogP contribution in [0.3, 0.4) is 0 Å². The number of hydrogen-bond acceptors (Lipinski definition) is 1. The molecule has 13 heavy (non-hydrogen) atoms. The lowest BCUT2D eigenvalue weighted by atomic mass is 10.2. The number of hydrogen-bond donors (Lipinski definition) is 0. The highest BCUT2D eigenvalue weighted by Gasteiger charge is 2.09. The predicted octanol–water partition coefficient (Wildman–Crippen LogP) is 3.39. The third-order valence-electron chi connectivity index (χ3n) is 1.41. The van der Waals surface area contributed by atoms with E-state index in [0.29, 0.717) is 5.56 Å². The van der Waals surface area contributed by atoms with Gasteiger partial charge in [0.05, 0.1) is 5.02 Å². The molecule has 0 bridgehead atoms. The Labute approximate surface area is 78.1 Å². The van der Waals surface area contributed by atoms with Gasteiger partial charge in [-0.15, -0.1) is 0 Å². The van der Waals surface area contributed by atoms with Crippen molar-refractivity contribution in [2.45, 2.75) is 13.5 Å². The van der Waals surface area contributed by atoms with Crippen LogP contribution in [-0.4, -0.2) is 6.61 Å². The molecule has 0 heterocycles. The summed E-state index contributed by atoms with van der Waals surface area (Å²) in [5.41, 5.74) is 0.359. The molecule has 0 saturated heterocycles. The SMILES string of the molecule is Cc1cc(OC(F)F)cc(F)c1Cl. The van der Waals surface area contributed by atoms with Gasteiger partial charge in [-0.05, 0) is 18.6 Å². The minimum atomic E-state index is -2.96. The third kappa shape index (κ3) is 2.52. The second kappa shape index (κ2) is 3.87. The fraction of sp³-hybridized carbons (Fsp3) is 0.250. The molecule has 0 saturated carbocycles. The van der Waals surface area contributed by atoms with Crippen LogP contribution in [0.1, 0.15) is 5.56 Å². The normalized spacial score (nSPS) is 10.6. The van der Waals surface area contributed by atoms with E-state index in [2.05, 4.69) is 4.74 Å². The van der Waals surface area contributed by atoms with Gasteiger partial charge in [-0.3, -0.25) is 0 Å². The van der Waals surface area contributed by atoms with Gasteiger partial charge in [0, 0.05) is 6.07 Å². The zero-order chi connectivity index (χ0) is 10.0. The van der Waals surface area contributed by atoms with Crippen molar-refractivity contribution >= 4 is 11.6 Å². The van der Waals surface area contributed by atoms with Gasteiger partial charge >= 0.3 is 6.61 Å². The monoisotopic (exact) mass is 210 g/mol. The summed E-state index contributed by atoms with van der Waals surface area (Å²) < 4.78 is 40.2. The maximum Gasteiger partial charge on any atom is 0.387 e. The quantitative estimate of drug-likeness (QED) is 0.727. The van der Waals surface area contributed by atoms with Gasteiger partial charge in [-0.1, -0.05) is 11.6 Å². The first kappa shape index (κ1) is 10.2. The summed E-state index contributed by atoms with van der Waals surface area (Å²) in [6, 6.07) is 2.07. The molecule has 5 heteroatoms. The molecule has 0 N–H and O–H groups in total. The lowest BCUT2D eigenvalue weighted by Crippen LogP contribution is -2.02. The van der Waals surface area contributed by atoms with Crippen LogP contribution in [0.4, 0.5) is 13.2 Å². The zero-order valence-corrected chi connectivity index (χ0v) is 7.41. The Bertz CT molecular complexity index is 291. The Morgan fingerprint density at radius 3 is 2.46 bits per heavy atom.